The quantitative estimate of drug-likeness (QED) is 0.816. The molecule has 5 rings (SSSR count). The van der Waals surface area contributed by atoms with Crippen molar-refractivity contribution in [2.45, 2.75) is 75.8 Å². The van der Waals surface area contributed by atoms with Gasteiger partial charge in [-0.15, -0.1) is 0 Å². The molecule has 3 atom stereocenters. The largest absolute Gasteiger partial charge is 0.371 e. The summed E-state index contributed by atoms with van der Waals surface area (Å²) in [7, 11) is 0. The molecule has 2 bridgehead atoms. The van der Waals surface area contributed by atoms with Gasteiger partial charge in [-0.25, -0.2) is 0 Å². The first kappa shape index (κ1) is 13.8. The van der Waals surface area contributed by atoms with Crippen molar-refractivity contribution in [3.05, 3.63) is 35.9 Å². The summed E-state index contributed by atoms with van der Waals surface area (Å²) in [4.78, 5) is 0. The van der Waals surface area contributed by atoms with Gasteiger partial charge in [0.1, 0.15) is 0 Å². The molecule has 3 unspecified atom stereocenters. The van der Waals surface area contributed by atoms with Gasteiger partial charge in [0.15, 0.2) is 0 Å². The van der Waals surface area contributed by atoms with Gasteiger partial charge in [-0.05, 0) is 50.5 Å². The highest BCUT2D eigenvalue weighted by Gasteiger charge is 2.58. The van der Waals surface area contributed by atoms with Crippen molar-refractivity contribution in [1.29, 1.82) is 0 Å². The van der Waals surface area contributed by atoms with E-state index in [-0.39, 0.29) is 17.3 Å². The lowest BCUT2D eigenvalue weighted by Gasteiger charge is -2.58. The predicted octanol–water partition coefficient (Wildman–Crippen LogP) is 4.47. The minimum absolute atomic E-state index is 0.0616. The van der Waals surface area contributed by atoms with Gasteiger partial charge in [-0.1, -0.05) is 43.2 Å². The van der Waals surface area contributed by atoms with Crippen LogP contribution in [0, 0.1) is 5.92 Å². The number of fused-ring (bicyclic) bond motifs is 2. The maximum absolute atomic E-state index is 6.70. The van der Waals surface area contributed by atoms with Crippen molar-refractivity contribution in [3.63, 3.8) is 0 Å². The standard InChI is InChI=1S/C19H26O2/c1-18-12-9-16(19(21-18)10-5-6-11-19)13-17(18)20-14-15-7-3-2-4-8-15/h2-4,7-8,16-17H,5-6,9-14H2,1H3. The summed E-state index contributed by atoms with van der Waals surface area (Å²) in [6, 6.07) is 10.5. The van der Waals surface area contributed by atoms with E-state index < -0.39 is 0 Å². The molecule has 2 heteroatoms. The molecule has 21 heavy (non-hydrogen) atoms. The average Bonchev–Trinajstić information content (AvgIpc) is 2.95. The van der Waals surface area contributed by atoms with Gasteiger partial charge in [0.25, 0.3) is 0 Å². The lowest BCUT2D eigenvalue weighted by atomic mass is 9.65. The van der Waals surface area contributed by atoms with Crippen LogP contribution in [0.2, 0.25) is 0 Å². The Morgan fingerprint density at radius 3 is 2.62 bits per heavy atom. The van der Waals surface area contributed by atoms with Crippen LogP contribution in [0.3, 0.4) is 0 Å². The van der Waals surface area contributed by atoms with Crippen LogP contribution in [0.15, 0.2) is 30.3 Å². The molecule has 4 aliphatic rings. The molecular weight excluding hydrogens is 260 g/mol. The molecule has 1 aromatic carbocycles. The second-order valence-corrected chi connectivity index (χ2v) is 7.44. The second kappa shape index (κ2) is 5.10. The van der Waals surface area contributed by atoms with Gasteiger partial charge in [0.2, 0.25) is 0 Å². The summed E-state index contributed by atoms with van der Waals surface area (Å²) >= 11 is 0. The zero-order valence-electron chi connectivity index (χ0n) is 13.0. The van der Waals surface area contributed by atoms with Gasteiger partial charge >= 0.3 is 0 Å². The first-order valence-electron chi connectivity index (χ1n) is 8.56. The van der Waals surface area contributed by atoms with Crippen LogP contribution in [0.1, 0.15) is 57.4 Å². The molecule has 1 spiro atoms. The summed E-state index contributed by atoms with van der Waals surface area (Å²) < 4.78 is 13.0. The Bertz CT molecular complexity index is 492. The summed E-state index contributed by atoms with van der Waals surface area (Å²) in [5.74, 6) is 0.725. The minimum Gasteiger partial charge on any atom is -0.371 e. The van der Waals surface area contributed by atoms with Crippen LogP contribution in [0.4, 0.5) is 0 Å². The van der Waals surface area contributed by atoms with Gasteiger partial charge < -0.3 is 9.47 Å². The van der Waals surface area contributed by atoms with Gasteiger partial charge in [0, 0.05) is 0 Å². The molecule has 2 heterocycles. The highest BCUT2D eigenvalue weighted by molar-refractivity contribution is 5.14. The van der Waals surface area contributed by atoms with E-state index in [1.54, 1.807) is 0 Å². The molecule has 2 aliphatic heterocycles. The summed E-state index contributed by atoms with van der Waals surface area (Å²) in [5.41, 5.74) is 1.41. The van der Waals surface area contributed by atoms with Crippen LogP contribution < -0.4 is 0 Å². The van der Waals surface area contributed by atoms with Crippen molar-refractivity contribution in [1.82, 2.24) is 0 Å². The Kier molecular flexibility index (Phi) is 3.35. The maximum atomic E-state index is 6.70. The molecule has 4 fully saturated rings. The zero-order valence-corrected chi connectivity index (χ0v) is 13.0. The molecule has 2 saturated carbocycles. The average molecular weight is 286 g/mol. The van der Waals surface area contributed by atoms with Gasteiger partial charge in [0.05, 0.1) is 23.9 Å². The third kappa shape index (κ3) is 2.33. The molecule has 0 aromatic heterocycles. The highest BCUT2D eigenvalue weighted by Crippen LogP contribution is 2.56. The van der Waals surface area contributed by atoms with Crippen LogP contribution in [-0.4, -0.2) is 17.3 Å². The van der Waals surface area contributed by atoms with Crippen molar-refractivity contribution < 1.29 is 9.47 Å². The minimum atomic E-state index is -0.0616. The number of ether oxygens (including phenoxy) is 2. The van der Waals surface area contributed by atoms with Crippen molar-refractivity contribution in [2.75, 3.05) is 0 Å². The summed E-state index contributed by atoms with van der Waals surface area (Å²) in [5, 5.41) is 0. The normalized spacial score (nSPS) is 37.2. The SMILES string of the molecule is CC12CCC(CC1OCc1ccccc1)C1(CCCC1)O2. The van der Waals surface area contributed by atoms with Gasteiger partial charge in [-0.2, -0.15) is 0 Å². The highest BCUT2D eigenvalue weighted by atomic mass is 16.6. The molecule has 0 amide bonds. The number of hydrogen-bond donors (Lipinski definition) is 0. The summed E-state index contributed by atoms with van der Waals surface area (Å²) in [6.07, 6.45) is 9.22. The molecule has 114 valence electrons. The lowest BCUT2D eigenvalue weighted by Crippen LogP contribution is -2.63. The van der Waals surface area contributed by atoms with E-state index in [1.165, 1.54) is 50.5 Å². The first-order valence-corrected chi connectivity index (χ1v) is 8.56. The van der Waals surface area contributed by atoms with E-state index in [9.17, 15) is 0 Å². The molecular formula is C19H26O2. The van der Waals surface area contributed by atoms with Crippen LogP contribution in [0.5, 0.6) is 0 Å². The number of rotatable bonds is 3. The molecule has 0 N–H and O–H groups in total. The maximum Gasteiger partial charge on any atom is 0.0923 e. The number of hydrogen-bond acceptors (Lipinski definition) is 2. The Hall–Kier alpha value is -0.860. The van der Waals surface area contributed by atoms with Crippen LogP contribution in [-0.2, 0) is 16.1 Å². The van der Waals surface area contributed by atoms with Crippen molar-refractivity contribution in [3.8, 4) is 0 Å². The van der Waals surface area contributed by atoms with E-state index in [2.05, 4.69) is 37.3 Å². The zero-order chi connectivity index (χ0) is 14.3. The molecule has 1 aromatic rings. The molecule has 2 saturated heterocycles. The molecule has 2 aliphatic carbocycles. The lowest BCUT2D eigenvalue weighted by molar-refractivity contribution is -0.294. The summed E-state index contributed by atoms with van der Waals surface area (Å²) in [6.45, 7) is 3.00. The molecule has 2 nitrogen and oxygen atoms in total. The molecule has 0 radical (unpaired) electrons. The fourth-order valence-corrected chi connectivity index (χ4v) is 4.89. The van der Waals surface area contributed by atoms with Crippen LogP contribution >= 0.6 is 0 Å². The fourth-order valence-electron chi connectivity index (χ4n) is 4.89. The Morgan fingerprint density at radius 2 is 1.90 bits per heavy atom. The predicted molar refractivity (Wildman–Crippen MR) is 83.0 cm³/mol. The third-order valence-electron chi connectivity index (χ3n) is 6.09. The van der Waals surface area contributed by atoms with Crippen molar-refractivity contribution >= 4 is 0 Å². The first-order chi connectivity index (χ1) is 10.2. The fraction of sp³-hybridized carbons (Fsp3) is 0.684. The third-order valence-corrected chi connectivity index (χ3v) is 6.09. The van der Waals surface area contributed by atoms with E-state index in [4.69, 9.17) is 9.47 Å². The van der Waals surface area contributed by atoms with E-state index >= 15 is 0 Å². The smallest absolute Gasteiger partial charge is 0.0923 e. The van der Waals surface area contributed by atoms with E-state index in [1.807, 2.05) is 0 Å². The van der Waals surface area contributed by atoms with E-state index in [0.29, 0.717) is 6.61 Å². The van der Waals surface area contributed by atoms with Crippen molar-refractivity contribution in [2.24, 2.45) is 5.92 Å². The Labute approximate surface area is 127 Å². The van der Waals surface area contributed by atoms with Gasteiger partial charge in [-0.3, -0.25) is 0 Å². The van der Waals surface area contributed by atoms with E-state index in [0.717, 1.165) is 5.92 Å². The number of benzene rings is 1. The second-order valence-electron chi connectivity index (χ2n) is 7.44. The topological polar surface area (TPSA) is 18.5 Å². The monoisotopic (exact) mass is 286 g/mol. The Balaban J connectivity index is 1.46. The van der Waals surface area contributed by atoms with Crippen LogP contribution in [0.25, 0.3) is 0 Å². The Morgan fingerprint density at radius 1 is 1.14 bits per heavy atom.